The fraction of sp³-hybridized carbons (Fsp3) is 0.455. The normalized spacial score (nSPS) is 17.8. The summed E-state index contributed by atoms with van der Waals surface area (Å²) in [6.07, 6.45) is 1.68. The van der Waals surface area contributed by atoms with E-state index in [0.717, 1.165) is 55.6 Å². The van der Waals surface area contributed by atoms with Gasteiger partial charge in [0.25, 0.3) is 5.91 Å². The minimum atomic E-state index is -0.116. The fourth-order valence-corrected chi connectivity index (χ4v) is 4.67. The van der Waals surface area contributed by atoms with Crippen molar-refractivity contribution in [1.29, 1.82) is 0 Å². The third-order valence-corrected chi connectivity index (χ3v) is 6.59. The lowest BCUT2D eigenvalue weighted by atomic mass is 10.1. The molecule has 3 heterocycles. The average Bonchev–Trinajstić information content (AvgIpc) is 3.29. The first-order valence-corrected chi connectivity index (χ1v) is 11.5. The van der Waals surface area contributed by atoms with Gasteiger partial charge >= 0.3 is 6.03 Å². The number of benzene rings is 1. The van der Waals surface area contributed by atoms with Gasteiger partial charge in [0, 0.05) is 62.0 Å². The molecule has 0 spiro atoms. The number of hydrogen-bond acceptors (Lipinski definition) is 5. The third-order valence-electron chi connectivity index (χ3n) is 5.64. The highest BCUT2D eigenvalue weighted by atomic mass is 32.2. The molecule has 30 heavy (non-hydrogen) atoms. The van der Waals surface area contributed by atoms with Crippen molar-refractivity contribution >= 4 is 29.4 Å². The predicted molar refractivity (Wildman–Crippen MR) is 119 cm³/mol. The van der Waals surface area contributed by atoms with Gasteiger partial charge in [0.05, 0.1) is 12.8 Å². The zero-order valence-corrected chi connectivity index (χ0v) is 18.1. The largest absolute Gasteiger partial charge is 0.468 e. The first-order valence-electron chi connectivity index (χ1n) is 10.4. The van der Waals surface area contributed by atoms with E-state index < -0.39 is 0 Å². The molecule has 1 aromatic heterocycles. The average molecular weight is 429 g/mol. The summed E-state index contributed by atoms with van der Waals surface area (Å²) in [4.78, 5) is 31.6. The molecule has 2 aromatic rings. The molecule has 2 aliphatic heterocycles. The van der Waals surface area contributed by atoms with E-state index in [0.29, 0.717) is 24.3 Å². The monoisotopic (exact) mass is 428 g/mol. The number of hydrogen-bond donors (Lipinski definition) is 1. The number of thioether (sulfide) groups is 1. The molecule has 0 aliphatic carbocycles. The summed E-state index contributed by atoms with van der Waals surface area (Å²) < 4.78 is 5.41. The Labute approximate surface area is 181 Å². The number of carbonyl (C=O) groups excluding carboxylic acids is 2. The predicted octanol–water partition coefficient (Wildman–Crippen LogP) is 3.13. The third kappa shape index (κ3) is 4.99. The van der Waals surface area contributed by atoms with Crippen LogP contribution in [0.5, 0.6) is 0 Å². The van der Waals surface area contributed by atoms with Crippen LogP contribution in [0, 0.1) is 6.92 Å². The van der Waals surface area contributed by atoms with Crippen molar-refractivity contribution in [2.75, 3.05) is 56.1 Å². The fourth-order valence-electron chi connectivity index (χ4n) is 3.76. The molecule has 160 valence electrons. The Morgan fingerprint density at radius 3 is 2.50 bits per heavy atom. The molecule has 0 unspecified atom stereocenters. The van der Waals surface area contributed by atoms with E-state index in [1.165, 1.54) is 0 Å². The molecule has 1 aromatic carbocycles. The summed E-state index contributed by atoms with van der Waals surface area (Å²) in [7, 11) is 0. The highest BCUT2D eigenvalue weighted by Gasteiger charge is 2.23. The second kappa shape index (κ2) is 9.57. The molecule has 8 heteroatoms. The SMILES string of the molecule is Cc1ccc(C(=O)N2CCSCC2)cc1NC(=O)N1CCN(Cc2ccco2)CC1. The van der Waals surface area contributed by atoms with Gasteiger partial charge in [-0.15, -0.1) is 0 Å². The number of nitrogens with zero attached hydrogens (tertiary/aromatic N) is 3. The molecule has 0 saturated carbocycles. The standard InChI is InChI=1S/C22H28N4O3S/c1-17-4-5-18(21(27)25-10-13-30-14-11-25)15-20(17)23-22(28)26-8-6-24(7-9-26)16-19-3-2-12-29-19/h2-5,12,15H,6-11,13-14,16H2,1H3,(H,23,28). The summed E-state index contributed by atoms with van der Waals surface area (Å²) in [6, 6.07) is 9.31. The van der Waals surface area contributed by atoms with Crippen LogP contribution >= 0.6 is 11.8 Å². The number of piperazine rings is 1. The van der Waals surface area contributed by atoms with E-state index >= 15 is 0 Å². The van der Waals surface area contributed by atoms with Crippen molar-refractivity contribution < 1.29 is 14.0 Å². The molecular weight excluding hydrogens is 400 g/mol. The number of nitrogens with one attached hydrogen (secondary N) is 1. The molecule has 0 radical (unpaired) electrons. The summed E-state index contributed by atoms with van der Waals surface area (Å²) >= 11 is 1.88. The maximum absolute atomic E-state index is 12.8. The Bertz CT molecular complexity index is 873. The van der Waals surface area contributed by atoms with Crippen LogP contribution in [0.2, 0.25) is 0 Å². The summed E-state index contributed by atoms with van der Waals surface area (Å²) in [6.45, 7) is 7.20. The van der Waals surface area contributed by atoms with Crippen molar-refractivity contribution in [3.8, 4) is 0 Å². The maximum atomic E-state index is 12.8. The first-order chi connectivity index (χ1) is 14.6. The van der Waals surface area contributed by atoms with Crippen LogP contribution in [-0.4, -0.2) is 77.4 Å². The second-order valence-corrected chi connectivity index (χ2v) is 8.93. The minimum Gasteiger partial charge on any atom is -0.468 e. The quantitative estimate of drug-likeness (QED) is 0.810. The van der Waals surface area contributed by atoms with E-state index in [2.05, 4.69) is 10.2 Å². The summed E-state index contributed by atoms with van der Waals surface area (Å²) in [5.41, 5.74) is 2.28. The molecule has 7 nitrogen and oxygen atoms in total. The van der Waals surface area contributed by atoms with Crippen molar-refractivity contribution in [2.45, 2.75) is 13.5 Å². The summed E-state index contributed by atoms with van der Waals surface area (Å²) in [5.74, 6) is 2.94. The molecule has 4 rings (SSSR count). The van der Waals surface area contributed by atoms with E-state index in [9.17, 15) is 9.59 Å². The number of carbonyl (C=O) groups is 2. The Kier molecular flexibility index (Phi) is 6.64. The van der Waals surface area contributed by atoms with Gasteiger partial charge in [0.2, 0.25) is 0 Å². The van der Waals surface area contributed by atoms with Crippen molar-refractivity contribution in [3.63, 3.8) is 0 Å². The lowest BCUT2D eigenvalue weighted by Crippen LogP contribution is -2.49. The summed E-state index contributed by atoms with van der Waals surface area (Å²) in [5, 5.41) is 3.01. The molecular formula is C22H28N4O3S. The first kappa shape index (κ1) is 20.8. The van der Waals surface area contributed by atoms with Crippen LogP contribution in [0.3, 0.4) is 0 Å². The van der Waals surface area contributed by atoms with Crippen molar-refractivity contribution in [2.24, 2.45) is 0 Å². The van der Waals surface area contributed by atoms with Gasteiger partial charge in [0.15, 0.2) is 0 Å². The van der Waals surface area contributed by atoms with Crippen LogP contribution in [0.4, 0.5) is 10.5 Å². The number of rotatable bonds is 4. The van der Waals surface area contributed by atoms with Crippen molar-refractivity contribution in [1.82, 2.24) is 14.7 Å². The zero-order chi connectivity index (χ0) is 20.9. The zero-order valence-electron chi connectivity index (χ0n) is 17.3. The van der Waals surface area contributed by atoms with Crippen LogP contribution in [0.1, 0.15) is 21.7 Å². The van der Waals surface area contributed by atoms with Gasteiger partial charge in [-0.3, -0.25) is 9.69 Å². The molecule has 2 aliphatic rings. The number of anilines is 1. The molecule has 3 amide bonds. The second-order valence-electron chi connectivity index (χ2n) is 7.71. The minimum absolute atomic E-state index is 0.0392. The van der Waals surface area contributed by atoms with Gasteiger partial charge in [0.1, 0.15) is 5.76 Å². The topological polar surface area (TPSA) is 69.0 Å². The van der Waals surface area contributed by atoms with Crippen LogP contribution in [-0.2, 0) is 6.54 Å². The number of furan rings is 1. The molecule has 2 fully saturated rings. The van der Waals surface area contributed by atoms with Gasteiger partial charge in [-0.25, -0.2) is 4.79 Å². The highest BCUT2D eigenvalue weighted by Crippen LogP contribution is 2.21. The van der Waals surface area contributed by atoms with Gasteiger partial charge in [-0.05, 0) is 36.8 Å². The van der Waals surface area contributed by atoms with Crippen LogP contribution in [0.25, 0.3) is 0 Å². The lowest BCUT2D eigenvalue weighted by molar-refractivity contribution is 0.0772. The smallest absolute Gasteiger partial charge is 0.321 e. The van der Waals surface area contributed by atoms with Crippen LogP contribution in [0.15, 0.2) is 41.0 Å². The van der Waals surface area contributed by atoms with E-state index in [1.54, 1.807) is 6.26 Å². The van der Waals surface area contributed by atoms with Gasteiger partial charge in [-0.2, -0.15) is 11.8 Å². The number of urea groups is 1. The maximum Gasteiger partial charge on any atom is 0.321 e. The Hall–Kier alpha value is -2.45. The highest BCUT2D eigenvalue weighted by molar-refractivity contribution is 7.99. The molecule has 0 bridgehead atoms. The van der Waals surface area contributed by atoms with E-state index in [1.807, 2.05) is 58.8 Å². The molecule has 1 N–H and O–H groups in total. The van der Waals surface area contributed by atoms with Crippen LogP contribution < -0.4 is 5.32 Å². The Morgan fingerprint density at radius 2 is 1.80 bits per heavy atom. The lowest BCUT2D eigenvalue weighted by Gasteiger charge is -2.34. The van der Waals surface area contributed by atoms with Crippen molar-refractivity contribution in [3.05, 3.63) is 53.5 Å². The number of amides is 3. The molecule has 2 saturated heterocycles. The number of aryl methyl sites for hydroxylation is 1. The Balaban J connectivity index is 1.34. The molecule has 0 atom stereocenters. The Morgan fingerprint density at radius 1 is 1.03 bits per heavy atom. The van der Waals surface area contributed by atoms with E-state index in [-0.39, 0.29) is 11.9 Å². The van der Waals surface area contributed by atoms with E-state index in [4.69, 9.17) is 4.42 Å². The van der Waals surface area contributed by atoms with Gasteiger partial charge < -0.3 is 19.5 Å². The van der Waals surface area contributed by atoms with Gasteiger partial charge in [-0.1, -0.05) is 6.07 Å².